The lowest BCUT2D eigenvalue weighted by molar-refractivity contribution is 0.0743. The van der Waals surface area contributed by atoms with E-state index in [1.807, 2.05) is 0 Å². The van der Waals surface area contributed by atoms with Crippen LogP contribution in [0.25, 0.3) is 0 Å². The van der Waals surface area contributed by atoms with E-state index in [1.165, 1.54) is 0 Å². The molecule has 23 heavy (non-hydrogen) atoms. The number of methoxy groups -OCH3 is 2. The summed E-state index contributed by atoms with van der Waals surface area (Å²) < 4.78 is 26.6. The maximum Gasteiger partial charge on any atom is 1.00 e. The van der Waals surface area contributed by atoms with Crippen LogP contribution < -0.4 is 3.79 Å². The molecular weight excluding hydrogens is 428 g/mol. The normalized spacial score (nSPS) is 10.9. The first-order valence-corrected chi connectivity index (χ1v) is 9.63. The van der Waals surface area contributed by atoms with Gasteiger partial charge in [0.25, 0.3) is 0 Å². The minimum absolute atomic E-state index is 0.0363. The highest BCUT2D eigenvalue weighted by molar-refractivity contribution is 6.56. The van der Waals surface area contributed by atoms with E-state index in [2.05, 4.69) is 0 Å². The van der Waals surface area contributed by atoms with Crippen LogP contribution in [0.3, 0.4) is 0 Å². The van der Waals surface area contributed by atoms with Crippen molar-refractivity contribution in [3.63, 3.8) is 0 Å². The highest BCUT2D eigenvalue weighted by Gasteiger charge is 2.37. The molecule has 0 atom stereocenters. The van der Waals surface area contributed by atoms with Crippen LogP contribution in [-0.4, -0.2) is 55.8 Å². The molecule has 5 nitrogen and oxygen atoms in total. The summed E-state index contributed by atoms with van der Waals surface area (Å²) in [4.78, 5) is 0. The van der Waals surface area contributed by atoms with Crippen molar-refractivity contribution in [2.75, 3.05) is 40.6 Å². The first kappa shape index (κ1) is 21.9. The molecule has 0 unspecified atom stereocenters. The van der Waals surface area contributed by atoms with Crippen molar-refractivity contribution in [2.24, 2.45) is 0 Å². The zero-order chi connectivity index (χ0) is 17.4. The topological polar surface area (TPSA) is 46.2 Å². The van der Waals surface area contributed by atoms with Gasteiger partial charge in [-0.05, 0) is 0 Å². The van der Waals surface area contributed by atoms with Crippen LogP contribution in [0.5, 0.6) is 5.75 Å². The predicted molar refractivity (Wildman–Crippen MR) is 93.5 cm³/mol. The molecule has 0 bridgehead atoms. The first-order valence-electron chi connectivity index (χ1n) is 6.33. The molecule has 130 valence electrons. The summed E-state index contributed by atoms with van der Waals surface area (Å²) in [6, 6.07) is 0. The van der Waals surface area contributed by atoms with Gasteiger partial charge in [0.15, 0.2) is 0 Å². The molecule has 0 aliphatic carbocycles. The number of ether oxygens (including phenoxy) is 2. The van der Waals surface area contributed by atoms with Crippen LogP contribution >= 0.6 is 58.0 Å². The Morgan fingerprint density at radius 3 is 1.43 bits per heavy atom. The predicted octanol–water partition coefficient (Wildman–Crippen LogP) is 4.64. The maximum atomic E-state index is 6.12. The van der Waals surface area contributed by atoms with Gasteiger partial charge in [0.1, 0.15) is 15.8 Å². The molecule has 0 spiro atoms. The number of halogens is 5. The van der Waals surface area contributed by atoms with E-state index in [1.54, 1.807) is 14.2 Å². The Hall–Kier alpha value is 0.842. The Bertz CT molecular complexity index is 480. The van der Waals surface area contributed by atoms with Crippen molar-refractivity contribution in [3.8, 4) is 5.75 Å². The fraction of sp³-hybridized carbons (Fsp3) is 0.500. The van der Waals surface area contributed by atoms with E-state index in [0.29, 0.717) is 13.2 Å². The van der Waals surface area contributed by atoms with Crippen molar-refractivity contribution in [2.45, 2.75) is 0 Å². The first-order chi connectivity index (χ1) is 10.9. The largest absolute Gasteiger partial charge is 1.00 e. The Labute approximate surface area is 164 Å². The standard InChI is InChI=1S/C6HCl5O.2C3H7O2.Al/c7-1-2(8)4(10)6(12)5(11)3(1)9;2*1-5-3-2-4;/h12H;2*2-3H2,1H3;/q;2*-1;+3/p-1. The van der Waals surface area contributed by atoms with Crippen LogP contribution in [0.15, 0.2) is 0 Å². The maximum absolute atomic E-state index is 6.12. The van der Waals surface area contributed by atoms with Gasteiger partial charge in [-0.25, -0.2) is 0 Å². The molecule has 0 heterocycles. The molecule has 0 fully saturated rings. The fourth-order valence-electron chi connectivity index (χ4n) is 1.36. The van der Waals surface area contributed by atoms with Gasteiger partial charge in [0.05, 0.1) is 28.3 Å². The second kappa shape index (κ2) is 11.5. The zero-order valence-electron chi connectivity index (χ0n) is 12.3. The zero-order valence-corrected chi connectivity index (χ0v) is 17.3. The molecule has 0 saturated carbocycles. The Morgan fingerprint density at radius 1 is 0.652 bits per heavy atom. The minimum Gasteiger partial charge on any atom is -0.597 e. The summed E-state index contributed by atoms with van der Waals surface area (Å²) in [5, 5.41) is 0.205. The molecule has 1 aromatic carbocycles. The smallest absolute Gasteiger partial charge is 0.597 e. The van der Waals surface area contributed by atoms with Gasteiger partial charge in [0, 0.05) is 27.4 Å². The van der Waals surface area contributed by atoms with Gasteiger partial charge in [-0.1, -0.05) is 58.0 Å². The average Bonchev–Trinajstić information content (AvgIpc) is 2.55. The Balaban J connectivity index is 2.93. The second-order valence-corrected chi connectivity index (χ2v) is 7.40. The molecule has 0 aliphatic heterocycles. The number of rotatable bonds is 10. The highest BCUT2D eigenvalue weighted by Crippen LogP contribution is 2.48. The van der Waals surface area contributed by atoms with Gasteiger partial charge in [-0.3, -0.25) is 0 Å². The third kappa shape index (κ3) is 6.58. The molecule has 0 aliphatic rings. The van der Waals surface area contributed by atoms with E-state index >= 15 is 0 Å². The van der Waals surface area contributed by atoms with Crippen molar-refractivity contribution >= 4 is 73.2 Å². The molecule has 11 heteroatoms. The monoisotopic (exact) mass is 440 g/mol. The van der Waals surface area contributed by atoms with Gasteiger partial charge < -0.3 is 20.8 Å². The minimum atomic E-state index is -2.63. The summed E-state index contributed by atoms with van der Waals surface area (Å²) in [5.74, 6) is 0.0687. The van der Waals surface area contributed by atoms with Crippen LogP contribution in [0.1, 0.15) is 0 Å². The third-order valence-corrected chi connectivity index (χ3v) is 6.15. The quantitative estimate of drug-likeness (QED) is 0.229. The van der Waals surface area contributed by atoms with E-state index < -0.39 is 15.1 Å². The van der Waals surface area contributed by atoms with Crippen molar-refractivity contribution in [1.82, 2.24) is 0 Å². The lowest BCUT2D eigenvalue weighted by atomic mass is 10.3. The van der Waals surface area contributed by atoms with E-state index in [4.69, 9.17) is 78.8 Å². The highest BCUT2D eigenvalue weighted by atomic mass is 35.5. The molecule has 0 aromatic heterocycles. The van der Waals surface area contributed by atoms with E-state index in [9.17, 15) is 0 Å². The van der Waals surface area contributed by atoms with Crippen LogP contribution in [0.4, 0.5) is 0 Å². The molecule has 1 rings (SSSR count). The summed E-state index contributed by atoms with van der Waals surface area (Å²) in [5.41, 5.74) is 0. The summed E-state index contributed by atoms with van der Waals surface area (Å²) >= 11 is 27.6. The Kier molecular flexibility index (Phi) is 10.9. The average molecular weight is 442 g/mol. The van der Waals surface area contributed by atoms with Gasteiger partial charge in [-0.15, -0.1) is 0 Å². The van der Waals surface area contributed by atoms with Crippen molar-refractivity contribution in [3.05, 3.63) is 25.1 Å². The second-order valence-electron chi connectivity index (χ2n) is 4.03. The number of benzene rings is 1. The lowest BCUT2D eigenvalue weighted by Gasteiger charge is -2.18. The lowest BCUT2D eigenvalue weighted by Crippen LogP contribution is -2.33. The van der Waals surface area contributed by atoms with Crippen LogP contribution in [0.2, 0.25) is 25.1 Å². The molecule has 0 radical (unpaired) electrons. The summed E-state index contributed by atoms with van der Waals surface area (Å²) in [6.07, 6.45) is 0. The van der Waals surface area contributed by atoms with Crippen LogP contribution in [0, 0.1) is 0 Å². The van der Waals surface area contributed by atoms with Gasteiger partial charge >= 0.3 is 15.1 Å². The SMILES string of the molecule is COCC[O][Al]([O]CCOC)[O]c1c(Cl)c(Cl)c(Cl)c(Cl)c1Cl. The van der Waals surface area contributed by atoms with Crippen molar-refractivity contribution < 1.29 is 20.8 Å². The van der Waals surface area contributed by atoms with Crippen molar-refractivity contribution in [1.29, 1.82) is 0 Å². The third-order valence-electron chi connectivity index (χ3n) is 2.47. The van der Waals surface area contributed by atoms with Gasteiger partial charge in [-0.2, -0.15) is 0 Å². The molecule has 0 amide bonds. The molecular formula is C12H14AlCl5O5. The fourth-order valence-corrected chi connectivity index (χ4v) is 3.95. The Morgan fingerprint density at radius 2 is 1.04 bits per heavy atom. The van der Waals surface area contributed by atoms with Crippen LogP contribution in [-0.2, 0) is 17.1 Å². The summed E-state index contributed by atoms with van der Waals surface area (Å²) in [7, 11) is 3.11. The number of hydrogen-bond acceptors (Lipinski definition) is 5. The van der Waals surface area contributed by atoms with E-state index in [-0.39, 0.29) is 44.1 Å². The molecule has 1 aromatic rings. The number of hydrogen-bond donors (Lipinski definition) is 0. The van der Waals surface area contributed by atoms with Gasteiger partial charge in [0.2, 0.25) is 0 Å². The van der Waals surface area contributed by atoms with E-state index in [0.717, 1.165) is 0 Å². The summed E-state index contributed by atoms with van der Waals surface area (Å²) in [6.45, 7) is 1.32. The molecule has 0 N–H and O–H groups in total. The molecule has 0 saturated heterocycles.